The zero-order valence-electron chi connectivity index (χ0n) is 14.4. The SMILES string of the molecule is CCN(CC)c1nc(C)nc2c1CCN(Cc1ccccc1)C2. The quantitative estimate of drug-likeness (QED) is 0.849. The number of aryl methyl sites for hydroxylation is 1. The first-order chi connectivity index (χ1) is 11.2. The largest absolute Gasteiger partial charge is 0.357 e. The van der Waals surface area contributed by atoms with Gasteiger partial charge in [0.25, 0.3) is 0 Å². The van der Waals surface area contributed by atoms with E-state index in [2.05, 4.69) is 54.0 Å². The molecule has 0 spiro atoms. The fourth-order valence-corrected chi connectivity index (χ4v) is 3.35. The lowest BCUT2D eigenvalue weighted by molar-refractivity contribution is 0.241. The maximum absolute atomic E-state index is 4.74. The molecule has 1 aliphatic rings. The lowest BCUT2D eigenvalue weighted by Crippen LogP contribution is -2.34. The molecule has 23 heavy (non-hydrogen) atoms. The van der Waals surface area contributed by atoms with Crippen LogP contribution in [0.4, 0.5) is 5.82 Å². The molecule has 0 atom stereocenters. The third-order valence-electron chi connectivity index (χ3n) is 4.55. The summed E-state index contributed by atoms with van der Waals surface area (Å²) in [6, 6.07) is 10.7. The van der Waals surface area contributed by atoms with Gasteiger partial charge in [-0.15, -0.1) is 0 Å². The molecule has 1 aromatic heterocycles. The molecule has 0 unspecified atom stereocenters. The summed E-state index contributed by atoms with van der Waals surface area (Å²) in [4.78, 5) is 14.3. The Bertz CT molecular complexity index is 650. The first kappa shape index (κ1) is 15.9. The lowest BCUT2D eigenvalue weighted by atomic mass is 10.0. The van der Waals surface area contributed by atoms with Crippen LogP contribution in [0, 0.1) is 6.92 Å². The van der Waals surface area contributed by atoms with Crippen LogP contribution in [0.15, 0.2) is 30.3 Å². The fraction of sp³-hybridized carbons (Fsp3) is 0.474. The Morgan fingerprint density at radius 2 is 1.83 bits per heavy atom. The summed E-state index contributed by atoms with van der Waals surface area (Å²) < 4.78 is 0. The van der Waals surface area contributed by atoms with Crippen molar-refractivity contribution in [1.82, 2.24) is 14.9 Å². The molecule has 0 N–H and O–H groups in total. The average Bonchev–Trinajstić information content (AvgIpc) is 2.56. The van der Waals surface area contributed by atoms with Crippen molar-refractivity contribution in [2.24, 2.45) is 0 Å². The monoisotopic (exact) mass is 310 g/mol. The second-order valence-electron chi connectivity index (χ2n) is 6.14. The van der Waals surface area contributed by atoms with Crippen LogP contribution in [0.2, 0.25) is 0 Å². The number of fused-ring (bicyclic) bond motifs is 1. The summed E-state index contributed by atoms with van der Waals surface area (Å²) in [6.07, 6.45) is 1.04. The van der Waals surface area contributed by atoms with Gasteiger partial charge >= 0.3 is 0 Å². The van der Waals surface area contributed by atoms with Crippen molar-refractivity contribution in [2.45, 2.75) is 40.3 Å². The normalized spacial score (nSPS) is 14.6. The van der Waals surface area contributed by atoms with E-state index in [0.29, 0.717) is 0 Å². The summed E-state index contributed by atoms with van der Waals surface area (Å²) in [5.74, 6) is 2.03. The highest BCUT2D eigenvalue weighted by molar-refractivity contribution is 5.50. The molecular weight excluding hydrogens is 284 g/mol. The van der Waals surface area contributed by atoms with Crippen molar-refractivity contribution in [3.8, 4) is 0 Å². The van der Waals surface area contributed by atoms with Gasteiger partial charge in [-0.1, -0.05) is 30.3 Å². The number of rotatable bonds is 5. The molecule has 4 nitrogen and oxygen atoms in total. The summed E-state index contributed by atoms with van der Waals surface area (Å²) >= 11 is 0. The number of benzene rings is 1. The Labute approximate surface area is 139 Å². The van der Waals surface area contributed by atoms with Gasteiger partial charge in [-0.2, -0.15) is 0 Å². The highest BCUT2D eigenvalue weighted by atomic mass is 15.2. The molecule has 1 aromatic carbocycles. The van der Waals surface area contributed by atoms with Crippen molar-refractivity contribution in [1.29, 1.82) is 0 Å². The van der Waals surface area contributed by atoms with Gasteiger partial charge in [0, 0.05) is 38.3 Å². The summed E-state index contributed by atoms with van der Waals surface area (Å²) in [5, 5.41) is 0. The number of hydrogen-bond donors (Lipinski definition) is 0. The van der Waals surface area contributed by atoms with Crippen molar-refractivity contribution < 1.29 is 0 Å². The van der Waals surface area contributed by atoms with E-state index in [4.69, 9.17) is 9.97 Å². The molecule has 0 radical (unpaired) electrons. The first-order valence-electron chi connectivity index (χ1n) is 8.58. The van der Waals surface area contributed by atoms with Crippen LogP contribution in [0.25, 0.3) is 0 Å². The third-order valence-corrected chi connectivity index (χ3v) is 4.55. The summed E-state index contributed by atoms with van der Waals surface area (Å²) in [7, 11) is 0. The van der Waals surface area contributed by atoms with Gasteiger partial charge in [0.15, 0.2) is 0 Å². The second kappa shape index (κ2) is 7.09. The highest BCUT2D eigenvalue weighted by Gasteiger charge is 2.23. The van der Waals surface area contributed by atoms with Crippen LogP contribution in [-0.2, 0) is 19.5 Å². The minimum Gasteiger partial charge on any atom is -0.357 e. The molecule has 2 heterocycles. The second-order valence-corrected chi connectivity index (χ2v) is 6.14. The van der Waals surface area contributed by atoms with Crippen LogP contribution in [0.3, 0.4) is 0 Å². The van der Waals surface area contributed by atoms with Crippen LogP contribution < -0.4 is 4.90 Å². The van der Waals surface area contributed by atoms with Crippen molar-refractivity contribution >= 4 is 5.82 Å². The van der Waals surface area contributed by atoms with Crippen LogP contribution in [0.5, 0.6) is 0 Å². The predicted octanol–water partition coefficient (Wildman–Crippen LogP) is 3.19. The molecular formula is C19H26N4. The van der Waals surface area contributed by atoms with E-state index in [0.717, 1.165) is 50.8 Å². The van der Waals surface area contributed by atoms with E-state index >= 15 is 0 Å². The van der Waals surface area contributed by atoms with E-state index < -0.39 is 0 Å². The molecule has 0 saturated carbocycles. The van der Waals surface area contributed by atoms with E-state index in [1.165, 1.54) is 16.8 Å². The van der Waals surface area contributed by atoms with Gasteiger partial charge < -0.3 is 4.90 Å². The Hall–Kier alpha value is -1.94. The average molecular weight is 310 g/mol. The third kappa shape index (κ3) is 3.53. The highest BCUT2D eigenvalue weighted by Crippen LogP contribution is 2.27. The van der Waals surface area contributed by atoms with Crippen LogP contribution in [0.1, 0.15) is 36.5 Å². The maximum Gasteiger partial charge on any atom is 0.135 e. The zero-order chi connectivity index (χ0) is 16.2. The standard InChI is InChI=1S/C19H26N4/c1-4-23(5-2)19-17-11-12-22(13-16-9-7-6-8-10-16)14-18(17)20-15(3)21-19/h6-10H,4-5,11-14H2,1-3H3. The lowest BCUT2D eigenvalue weighted by Gasteiger charge is -2.31. The number of hydrogen-bond acceptors (Lipinski definition) is 4. The molecule has 0 saturated heterocycles. The number of nitrogens with zero attached hydrogens (tertiary/aromatic N) is 4. The Morgan fingerprint density at radius 1 is 1.09 bits per heavy atom. The van der Waals surface area contributed by atoms with Gasteiger partial charge in [0.1, 0.15) is 11.6 Å². The summed E-state index contributed by atoms with van der Waals surface area (Å²) in [5.41, 5.74) is 3.93. The van der Waals surface area contributed by atoms with E-state index in [9.17, 15) is 0 Å². The topological polar surface area (TPSA) is 32.3 Å². The van der Waals surface area contributed by atoms with Crippen molar-refractivity contribution in [2.75, 3.05) is 24.5 Å². The van der Waals surface area contributed by atoms with E-state index in [1.807, 2.05) is 6.92 Å². The van der Waals surface area contributed by atoms with Gasteiger partial charge in [0.05, 0.1) is 5.69 Å². The Morgan fingerprint density at radius 3 is 2.52 bits per heavy atom. The molecule has 0 bridgehead atoms. The minimum atomic E-state index is 0.882. The molecule has 2 aromatic rings. The fourth-order valence-electron chi connectivity index (χ4n) is 3.35. The number of anilines is 1. The smallest absolute Gasteiger partial charge is 0.135 e. The zero-order valence-corrected chi connectivity index (χ0v) is 14.4. The van der Waals surface area contributed by atoms with Crippen LogP contribution >= 0.6 is 0 Å². The van der Waals surface area contributed by atoms with E-state index in [1.54, 1.807) is 0 Å². The number of aromatic nitrogens is 2. The minimum absolute atomic E-state index is 0.882. The Balaban J connectivity index is 1.83. The van der Waals surface area contributed by atoms with Gasteiger partial charge in [-0.05, 0) is 32.8 Å². The molecule has 0 amide bonds. The van der Waals surface area contributed by atoms with Gasteiger partial charge in [0.2, 0.25) is 0 Å². The first-order valence-corrected chi connectivity index (χ1v) is 8.58. The molecule has 1 aliphatic heterocycles. The molecule has 0 fully saturated rings. The Kier molecular flexibility index (Phi) is 4.91. The molecule has 122 valence electrons. The van der Waals surface area contributed by atoms with Gasteiger partial charge in [-0.3, -0.25) is 4.90 Å². The van der Waals surface area contributed by atoms with E-state index in [-0.39, 0.29) is 0 Å². The predicted molar refractivity (Wildman–Crippen MR) is 94.6 cm³/mol. The van der Waals surface area contributed by atoms with Crippen LogP contribution in [-0.4, -0.2) is 34.5 Å². The molecule has 0 aliphatic carbocycles. The molecule has 4 heteroatoms. The van der Waals surface area contributed by atoms with Crippen molar-refractivity contribution in [3.05, 3.63) is 53.0 Å². The van der Waals surface area contributed by atoms with Gasteiger partial charge in [-0.25, -0.2) is 9.97 Å². The summed E-state index contributed by atoms with van der Waals surface area (Å²) in [6.45, 7) is 11.4. The maximum atomic E-state index is 4.74. The molecule has 3 rings (SSSR count). The van der Waals surface area contributed by atoms with Crippen molar-refractivity contribution in [3.63, 3.8) is 0 Å².